The number of aliphatic hydroxyl groups is 1. The van der Waals surface area contributed by atoms with Gasteiger partial charge in [-0.2, -0.15) is 8.62 Å². The summed E-state index contributed by atoms with van der Waals surface area (Å²) in [5, 5.41) is 22.9. The molecule has 7 N–H and O–H groups in total. The number of phosphoric acid groups is 3. The molecule has 1 saturated heterocycles. The number of rotatable bonds is 15. The van der Waals surface area contributed by atoms with E-state index in [9.17, 15) is 38.7 Å². The fourth-order valence-electron chi connectivity index (χ4n) is 4.99. The van der Waals surface area contributed by atoms with Gasteiger partial charge in [0.25, 0.3) is 5.69 Å². The van der Waals surface area contributed by atoms with Crippen LogP contribution in [0.2, 0.25) is 0 Å². The second-order valence-corrected chi connectivity index (χ2v) is 15.1. The number of nitrogen functional groups attached to an aromatic ring is 1. The van der Waals surface area contributed by atoms with Crippen LogP contribution < -0.4 is 10.5 Å². The van der Waals surface area contributed by atoms with Crippen molar-refractivity contribution in [1.29, 1.82) is 0 Å². The lowest BCUT2D eigenvalue weighted by atomic mass is 9.97. The highest BCUT2D eigenvalue weighted by molar-refractivity contribution is 7.66. The number of nitrogens with two attached hydrogens (primary N) is 1. The molecule has 0 amide bonds. The lowest BCUT2D eigenvalue weighted by molar-refractivity contribution is -0.386. The van der Waals surface area contributed by atoms with Crippen LogP contribution in [0.25, 0.3) is 11.0 Å². The minimum Gasteiger partial charge on any atom is -0.497 e. The summed E-state index contributed by atoms with van der Waals surface area (Å²) < 4.78 is 65.3. The van der Waals surface area contributed by atoms with Crippen LogP contribution in [0.15, 0.2) is 36.7 Å². The normalized spacial score (nSPS) is 21.9. The Morgan fingerprint density at radius 3 is 2.47 bits per heavy atom. The standard InChI is InChI=1S/C24H33N4O16P3/c1-13(2)23(16-5-4-15(39-3)8-18(16)28(30)31)40-11-14-10-27(24-22(14)17(25)6-7-26-24)21-9-19(29)20(42-21)12-41-46(35,36)44-47(37,38)43-45(32,33)34/h4-8,10,13,19-21,23,29H,9,11-12H2,1-3H3,(H2,25,26)(H,35,36)(H,37,38)(H2,32,33,34)/t19?,20-,21-,23+/m1/s1. The number of aliphatic hydroxyl groups excluding tert-OH is 1. The molecule has 0 radical (unpaired) electrons. The Balaban J connectivity index is 1.54. The number of ether oxygens (including phenoxy) is 3. The number of nitro benzene ring substituents is 1. The molecule has 20 nitrogen and oxygen atoms in total. The van der Waals surface area contributed by atoms with E-state index in [1.165, 1.54) is 19.4 Å². The van der Waals surface area contributed by atoms with E-state index in [0.717, 1.165) is 0 Å². The lowest BCUT2D eigenvalue weighted by Crippen LogP contribution is -2.26. The van der Waals surface area contributed by atoms with Crippen molar-refractivity contribution < 1.29 is 70.7 Å². The summed E-state index contributed by atoms with van der Waals surface area (Å²) >= 11 is 0. The maximum atomic E-state index is 12.1. The topological polar surface area (TPSA) is 295 Å². The van der Waals surface area contributed by atoms with Gasteiger partial charge in [0, 0.05) is 35.5 Å². The van der Waals surface area contributed by atoms with Crippen molar-refractivity contribution in [3.63, 3.8) is 0 Å². The van der Waals surface area contributed by atoms with Crippen LogP contribution >= 0.6 is 23.5 Å². The van der Waals surface area contributed by atoms with Crippen LogP contribution in [-0.2, 0) is 42.9 Å². The molecular weight excluding hydrogens is 693 g/mol. The average molecular weight is 726 g/mol. The number of pyridine rings is 1. The molecule has 260 valence electrons. The van der Waals surface area contributed by atoms with Crippen LogP contribution in [0.5, 0.6) is 5.75 Å². The van der Waals surface area contributed by atoms with Crippen LogP contribution in [-0.4, -0.2) is 65.1 Å². The summed E-state index contributed by atoms with van der Waals surface area (Å²) in [5.41, 5.74) is 7.62. The molecule has 23 heteroatoms. The largest absolute Gasteiger partial charge is 0.497 e. The first-order valence-corrected chi connectivity index (χ1v) is 18.1. The minimum absolute atomic E-state index is 0.0732. The van der Waals surface area contributed by atoms with Crippen molar-refractivity contribution in [3.8, 4) is 5.75 Å². The Morgan fingerprint density at radius 1 is 1.15 bits per heavy atom. The number of phosphoric ester groups is 1. The monoisotopic (exact) mass is 726 g/mol. The molecule has 4 rings (SSSR count). The number of benzene rings is 1. The van der Waals surface area contributed by atoms with Gasteiger partial charge in [-0.1, -0.05) is 13.8 Å². The van der Waals surface area contributed by atoms with Crippen molar-refractivity contribution in [1.82, 2.24) is 9.55 Å². The first kappa shape index (κ1) is 37.0. The zero-order valence-corrected chi connectivity index (χ0v) is 27.6. The fourth-order valence-corrected chi connectivity index (χ4v) is 8.02. The van der Waals surface area contributed by atoms with Gasteiger partial charge in [-0.25, -0.2) is 18.7 Å². The highest BCUT2D eigenvalue weighted by Gasteiger charge is 2.43. The molecule has 6 atom stereocenters. The van der Waals surface area contributed by atoms with Gasteiger partial charge in [0.15, 0.2) is 0 Å². The predicted octanol–water partition coefficient (Wildman–Crippen LogP) is 3.44. The van der Waals surface area contributed by atoms with E-state index < -0.39 is 59.5 Å². The molecule has 3 aromatic rings. The van der Waals surface area contributed by atoms with Gasteiger partial charge in [-0.3, -0.25) is 14.6 Å². The van der Waals surface area contributed by atoms with Gasteiger partial charge in [0.05, 0.1) is 49.1 Å². The molecule has 0 bridgehead atoms. The van der Waals surface area contributed by atoms with Gasteiger partial charge in [0.1, 0.15) is 23.7 Å². The molecule has 0 spiro atoms. The van der Waals surface area contributed by atoms with E-state index in [1.807, 2.05) is 13.8 Å². The molecule has 0 aliphatic carbocycles. The molecule has 3 unspecified atom stereocenters. The van der Waals surface area contributed by atoms with Crippen LogP contribution in [0, 0.1) is 16.0 Å². The number of fused-ring (bicyclic) bond motifs is 1. The van der Waals surface area contributed by atoms with Gasteiger partial charge >= 0.3 is 23.5 Å². The highest BCUT2D eigenvalue weighted by Crippen LogP contribution is 2.66. The average Bonchev–Trinajstić information content (AvgIpc) is 3.50. The quantitative estimate of drug-likeness (QED) is 0.0742. The summed E-state index contributed by atoms with van der Waals surface area (Å²) in [6.07, 6.45) is -1.28. The number of aromatic nitrogens is 2. The van der Waals surface area contributed by atoms with Gasteiger partial charge in [-0.15, -0.1) is 0 Å². The van der Waals surface area contributed by atoms with Crippen LogP contribution in [0.1, 0.15) is 43.7 Å². The van der Waals surface area contributed by atoms with Gasteiger partial charge < -0.3 is 49.2 Å². The number of methoxy groups -OCH3 is 1. The number of nitro groups is 1. The Morgan fingerprint density at radius 2 is 1.85 bits per heavy atom. The van der Waals surface area contributed by atoms with Crippen molar-refractivity contribution in [2.24, 2.45) is 5.92 Å². The fraction of sp³-hybridized carbons (Fsp3) is 0.458. The number of nitrogens with zero attached hydrogens (tertiary/aromatic N) is 3. The van der Waals surface area contributed by atoms with Gasteiger partial charge in [-0.05, 0) is 24.1 Å². The minimum atomic E-state index is -5.73. The number of hydrogen-bond donors (Lipinski definition) is 6. The van der Waals surface area contributed by atoms with E-state index in [-0.39, 0.29) is 24.6 Å². The van der Waals surface area contributed by atoms with Crippen molar-refractivity contribution in [2.75, 3.05) is 19.5 Å². The van der Waals surface area contributed by atoms with E-state index in [2.05, 4.69) is 18.1 Å². The second-order valence-electron chi connectivity index (χ2n) is 10.6. The van der Waals surface area contributed by atoms with Crippen molar-refractivity contribution in [2.45, 2.75) is 51.4 Å². The zero-order chi connectivity index (χ0) is 34.9. The number of anilines is 1. The van der Waals surface area contributed by atoms with E-state index in [0.29, 0.717) is 33.6 Å². The first-order valence-electron chi connectivity index (χ1n) is 13.6. The Labute approximate surface area is 266 Å². The molecular formula is C24H33N4O16P3. The molecule has 47 heavy (non-hydrogen) atoms. The SMILES string of the molecule is COc1ccc([C@@H](OCc2cn([C@H]3CC(O)[C@@H](COP(=O)(O)OP(=O)(O)OP(=O)(O)O)O3)c3nccc(N)c23)C(C)C)c([N+](=O)[O-])c1. The van der Waals surface area contributed by atoms with E-state index in [1.54, 1.807) is 29.0 Å². The summed E-state index contributed by atoms with van der Waals surface area (Å²) in [6.45, 7) is 2.75. The molecule has 1 aromatic carbocycles. The Bertz CT molecular complexity index is 1760. The molecule has 1 aliphatic rings. The van der Waals surface area contributed by atoms with Crippen LogP contribution in [0.4, 0.5) is 11.4 Å². The maximum absolute atomic E-state index is 12.1. The van der Waals surface area contributed by atoms with Crippen molar-refractivity contribution >= 4 is 45.9 Å². The third kappa shape index (κ3) is 9.22. The predicted molar refractivity (Wildman–Crippen MR) is 161 cm³/mol. The molecule has 2 aromatic heterocycles. The smallest absolute Gasteiger partial charge is 0.490 e. The van der Waals surface area contributed by atoms with Crippen LogP contribution in [0.3, 0.4) is 0 Å². The van der Waals surface area contributed by atoms with Crippen molar-refractivity contribution in [3.05, 3.63) is 57.9 Å². The van der Waals surface area contributed by atoms with E-state index in [4.69, 9.17) is 29.7 Å². The Kier molecular flexibility index (Phi) is 11.3. The summed E-state index contributed by atoms with van der Waals surface area (Å²) in [5.74, 6) is 0.110. The highest BCUT2D eigenvalue weighted by atomic mass is 31.3. The third-order valence-electron chi connectivity index (χ3n) is 6.92. The Hall–Kier alpha value is -2.80. The third-order valence-corrected chi connectivity index (χ3v) is 10.7. The summed E-state index contributed by atoms with van der Waals surface area (Å²) in [7, 11) is -15.4. The summed E-state index contributed by atoms with van der Waals surface area (Å²) in [6, 6.07) is 6.03. The maximum Gasteiger partial charge on any atom is 0.490 e. The lowest BCUT2D eigenvalue weighted by Gasteiger charge is -2.22. The van der Waals surface area contributed by atoms with E-state index >= 15 is 0 Å². The first-order chi connectivity index (χ1) is 21.8. The van der Waals surface area contributed by atoms with Gasteiger partial charge in [0.2, 0.25) is 0 Å². The second kappa shape index (κ2) is 14.4. The number of hydrogen-bond acceptors (Lipinski definition) is 14. The zero-order valence-electron chi connectivity index (χ0n) is 25.0. The molecule has 3 heterocycles. The summed E-state index contributed by atoms with van der Waals surface area (Å²) in [4.78, 5) is 52.2. The molecule has 0 saturated carbocycles. The molecule has 1 fully saturated rings. The molecule has 1 aliphatic heterocycles.